The van der Waals surface area contributed by atoms with Crippen LogP contribution in [0.1, 0.15) is 37.9 Å². The molecule has 3 atom stereocenters. The van der Waals surface area contributed by atoms with Gasteiger partial charge in [0, 0.05) is 22.6 Å². The molecule has 1 aliphatic rings. The molecule has 0 aromatic heterocycles. The van der Waals surface area contributed by atoms with Crippen molar-refractivity contribution >= 4 is 10.8 Å². The Labute approximate surface area is 124 Å². The quantitative estimate of drug-likeness (QED) is 0.877. The molecule has 1 aliphatic carbocycles. The van der Waals surface area contributed by atoms with E-state index in [4.69, 9.17) is 4.74 Å². The number of ether oxygens (including phenoxy) is 1. The Hall–Kier alpha value is -0.870. The average Bonchev–Trinajstić information content (AvgIpc) is 2.76. The van der Waals surface area contributed by atoms with Crippen LogP contribution in [0, 0.1) is 5.92 Å². The fourth-order valence-corrected chi connectivity index (χ4v) is 4.68. The van der Waals surface area contributed by atoms with E-state index in [1.807, 2.05) is 6.07 Å². The van der Waals surface area contributed by atoms with Gasteiger partial charge in [-0.3, -0.25) is 4.21 Å². The number of fused-ring (bicyclic) bond motifs is 1. The van der Waals surface area contributed by atoms with Crippen LogP contribution >= 0.6 is 0 Å². The van der Waals surface area contributed by atoms with E-state index in [1.54, 1.807) is 7.11 Å². The van der Waals surface area contributed by atoms with Gasteiger partial charge in [-0.1, -0.05) is 26.8 Å². The Balaban J connectivity index is 2.26. The van der Waals surface area contributed by atoms with E-state index in [9.17, 15) is 4.21 Å². The normalized spacial score (nSPS) is 22.9. The molecule has 0 fully saturated rings. The molecule has 4 heteroatoms. The van der Waals surface area contributed by atoms with Gasteiger partial charge in [0.1, 0.15) is 5.75 Å². The summed E-state index contributed by atoms with van der Waals surface area (Å²) in [5, 5.41) is 3.69. The molecule has 0 amide bonds. The monoisotopic (exact) mass is 295 g/mol. The highest BCUT2D eigenvalue weighted by Crippen LogP contribution is 2.37. The van der Waals surface area contributed by atoms with Crippen LogP contribution in [0.5, 0.6) is 5.75 Å². The van der Waals surface area contributed by atoms with Gasteiger partial charge in [0.05, 0.1) is 12.4 Å². The minimum absolute atomic E-state index is 0.180. The van der Waals surface area contributed by atoms with Crippen LogP contribution in [0.2, 0.25) is 0 Å². The standard InChI is InChI=1S/C16H25NO2S/c1-5-17-16-14-9-13(19-4)7-6-12(14)8-15(16)20(18)10-11(2)3/h6-7,9,11,15-17H,5,8,10H2,1-4H3. The topological polar surface area (TPSA) is 38.3 Å². The van der Waals surface area contributed by atoms with Gasteiger partial charge in [-0.05, 0) is 42.1 Å². The third-order valence-electron chi connectivity index (χ3n) is 3.74. The number of hydrogen-bond acceptors (Lipinski definition) is 3. The van der Waals surface area contributed by atoms with Gasteiger partial charge < -0.3 is 10.1 Å². The van der Waals surface area contributed by atoms with Crippen LogP contribution in [-0.2, 0) is 17.2 Å². The zero-order valence-corrected chi connectivity index (χ0v) is 13.6. The van der Waals surface area contributed by atoms with Crippen molar-refractivity contribution in [3.8, 4) is 5.75 Å². The molecule has 3 unspecified atom stereocenters. The van der Waals surface area contributed by atoms with Gasteiger partial charge in [-0.15, -0.1) is 0 Å². The maximum atomic E-state index is 12.6. The lowest BCUT2D eigenvalue weighted by Gasteiger charge is -2.22. The SMILES string of the molecule is CCNC1c2cc(OC)ccc2CC1S(=O)CC(C)C. The third-order valence-corrected chi connectivity index (χ3v) is 5.85. The van der Waals surface area contributed by atoms with Crippen LogP contribution in [0.15, 0.2) is 18.2 Å². The van der Waals surface area contributed by atoms with Gasteiger partial charge >= 0.3 is 0 Å². The second-order valence-corrected chi connectivity index (χ2v) is 7.48. The fraction of sp³-hybridized carbons (Fsp3) is 0.625. The highest BCUT2D eigenvalue weighted by molar-refractivity contribution is 7.85. The number of methoxy groups -OCH3 is 1. The van der Waals surface area contributed by atoms with E-state index >= 15 is 0 Å². The average molecular weight is 295 g/mol. The second kappa shape index (κ2) is 6.72. The molecule has 0 saturated heterocycles. The molecule has 20 heavy (non-hydrogen) atoms. The molecule has 0 aliphatic heterocycles. The van der Waals surface area contributed by atoms with Gasteiger partial charge in [0.15, 0.2) is 0 Å². The van der Waals surface area contributed by atoms with Crippen molar-refractivity contribution in [2.24, 2.45) is 5.92 Å². The lowest BCUT2D eigenvalue weighted by atomic mass is 10.1. The van der Waals surface area contributed by atoms with Gasteiger partial charge in [0.2, 0.25) is 0 Å². The van der Waals surface area contributed by atoms with Crippen molar-refractivity contribution in [1.82, 2.24) is 5.32 Å². The first-order valence-corrected chi connectivity index (χ1v) is 8.72. The zero-order valence-electron chi connectivity index (χ0n) is 12.8. The molecule has 2 rings (SSSR count). The maximum Gasteiger partial charge on any atom is 0.119 e. The number of hydrogen-bond donors (Lipinski definition) is 1. The molecular formula is C16H25NO2S. The van der Waals surface area contributed by atoms with Gasteiger partial charge in [0.25, 0.3) is 0 Å². The van der Waals surface area contributed by atoms with E-state index in [2.05, 4.69) is 38.2 Å². The summed E-state index contributed by atoms with van der Waals surface area (Å²) in [5.41, 5.74) is 2.56. The summed E-state index contributed by atoms with van der Waals surface area (Å²) in [6.45, 7) is 7.24. The maximum absolute atomic E-state index is 12.6. The summed E-state index contributed by atoms with van der Waals surface area (Å²) in [6.07, 6.45) is 0.899. The van der Waals surface area contributed by atoms with Crippen molar-refractivity contribution < 1.29 is 8.95 Å². The number of benzene rings is 1. The first-order chi connectivity index (χ1) is 9.56. The molecule has 0 heterocycles. The van der Waals surface area contributed by atoms with E-state index < -0.39 is 10.8 Å². The minimum Gasteiger partial charge on any atom is -0.497 e. The predicted octanol–water partition coefficient (Wildman–Crippen LogP) is 2.68. The number of rotatable bonds is 6. The second-order valence-electron chi connectivity index (χ2n) is 5.78. The van der Waals surface area contributed by atoms with Crippen LogP contribution in [0.3, 0.4) is 0 Å². The summed E-state index contributed by atoms with van der Waals surface area (Å²) in [4.78, 5) is 0. The van der Waals surface area contributed by atoms with E-state index in [-0.39, 0.29) is 11.3 Å². The molecule has 1 aromatic rings. The molecule has 0 spiro atoms. The molecular weight excluding hydrogens is 270 g/mol. The molecule has 0 radical (unpaired) electrons. The van der Waals surface area contributed by atoms with Crippen LogP contribution < -0.4 is 10.1 Å². The smallest absolute Gasteiger partial charge is 0.119 e. The van der Waals surface area contributed by atoms with Crippen molar-refractivity contribution in [2.75, 3.05) is 19.4 Å². The van der Waals surface area contributed by atoms with E-state index in [0.29, 0.717) is 5.92 Å². The summed E-state index contributed by atoms with van der Waals surface area (Å²) in [7, 11) is 0.893. The van der Waals surface area contributed by atoms with Crippen LogP contribution in [0.4, 0.5) is 0 Å². The van der Waals surface area contributed by atoms with Crippen molar-refractivity contribution in [2.45, 2.75) is 38.5 Å². The summed E-state index contributed by atoms with van der Waals surface area (Å²) >= 11 is 0. The zero-order chi connectivity index (χ0) is 14.7. The lowest BCUT2D eigenvalue weighted by Crippen LogP contribution is -2.33. The largest absolute Gasteiger partial charge is 0.497 e. The first-order valence-electron chi connectivity index (χ1n) is 7.34. The highest BCUT2D eigenvalue weighted by Gasteiger charge is 2.36. The molecule has 0 bridgehead atoms. The first kappa shape index (κ1) is 15.5. The Morgan fingerprint density at radius 2 is 2.20 bits per heavy atom. The van der Waals surface area contributed by atoms with Crippen molar-refractivity contribution in [3.63, 3.8) is 0 Å². The number of nitrogens with one attached hydrogen (secondary N) is 1. The predicted molar refractivity (Wildman–Crippen MR) is 84.8 cm³/mol. The summed E-state index contributed by atoms with van der Waals surface area (Å²) < 4.78 is 17.9. The van der Waals surface area contributed by atoms with Crippen molar-refractivity contribution in [3.05, 3.63) is 29.3 Å². The van der Waals surface area contributed by atoms with Gasteiger partial charge in [-0.2, -0.15) is 0 Å². The minimum atomic E-state index is -0.795. The molecule has 1 N–H and O–H groups in total. The van der Waals surface area contributed by atoms with Crippen LogP contribution in [0.25, 0.3) is 0 Å². The van der Waals surface area contributed by atoms with E-state index in [1.165, 1.54) is 11.1 Å². The Kier molecular flexibility index (Phi) is 5.22. The Bertz CT molecular complexity index is 487. The van der Waals surface area contributed by atoms with Crippen molar-refractivity contribution in [1.29, 1.82) is 0 Å². The molecule has 1 aromatic carbocycles. The summed E-state index contributed by atoms with van der Waals surface area (Å²) in [5.74, 6) is 2.12. The molecule has 0 saturated carbocycles. The Morgan fingerprint density at radius 3 is 2.80 bits per heavy atom. The van der Waals surface area contributed by atoms with Crippen LogP contribution in [-0.4, -0.2) is 28.9 Å². The molecule has 3 nitrogen and oxygen atoms in total. The third kappa shape index (κ3) is 3.23. The molecule has 112 valence electrons. The highest BCUT2D eigenvalue weighted by atomic mass is 32.2. The fourth-order valence-electron chi connectivity index (χ4n) is 2.87. The lowest BCUT2D eigenvalue weighted by molar-refractivity contribution is 0.413. The van der Waals surface area contributed by atoms with E-state index in [0.717, 1.165) is 24.5 Å². The summed E-state index contributed by atoms with van der Waals surface area (Å²) in [6, 6.07) is 6.39. The Morgan fingerprint density at radius 1 is 1.45 bits per heavy atom. The van der Waals surface area contributed by atoms with Gasteiger partial charge in [-0.25, -0.2) is 0 Å².